The van der Waals surface area contributed by atoms with E-state index in [-0.39, 0.29) is 17.4 Å². The van der Waals surface area contributed by atoms with Crippen LogP contribution in [0.25, 0.3) is 0 Å². The Balaban J connectivity index is 1.66. The van der Waals surface area contributed by atoms with Crippen LogP contribution in [0.3, 0.4) is 0 Å². The van der Waals surface area contributed by atoms with Gasteiger partial charge in [-0.25, -0.2) is 23.4 Å². The molecule has 24 heavy (non-hydrogen) atoms. The zero-order valence-corrected chi connectivity index (χ0v) is 14.6. The Labute approximate surface area is 143 Å². The summed E-state index contributed by atoms with van der Waals surface area (Å²) in [4.78, 5) is 13.2. The van der Waals surface area contributed by atoms with Gasteiger partial charge in [0.05, 0.1) is 17.7 Å². The van der Waals surface area contributed by atoms with Crippen LogP contribution in [0.15, 0.2) is 12.3 Å². The second-order valence-corrected chi connectivity index (χ2v) is 8.86. The van der Waals surface area contributed by atoms with E-state index in [1.807, 2.05) is 6.07 Å². The van der Waals surface area contributed by atoms with E-state index in [4.69, 9.17) is 5.26 Å². The monoisotopic (exact) mass is 364 g/mol. The van der Waals surface area contributed by atoms with E-state index in [1.54, 1.807) is 13.0 Å². The van der Waals surface area contributed by atoms with Gasteiger partial charge in [0, 0.05) is 12.6 Å². The number of aromatic nitrogens is 3. The van der Waals surface area contributed by atoms with Gasteiger partial charge in [-0.05, 0) is 19.3 Å². The van der Waals surface area contributed by atoms with E-state index in [1.165, 1.54) is 17.5 Å². The number of nitriles is 1. The minimum absolute atomic E-state index is 0.110. The van der Waals surface area contributed by atoms with E-state index in [0.29, 0.717) is 40.4 Å². The molecule has 2 aromatic heterocycles. The van der Waals surface area contributed by atoms with Crippen molar-refractivity contribution < 1.29 is 8.42 Å². The summed E-state index contributed by atoms with van der Waals surface area (Å²) >= 11 is 1.24. The number of hydrogen-bond donors (Lipinski definition) is 2. The maximum atomic E-state index is 11.5. The minimum Gasteiger partial charge on any atom is -0.370 e. The average Bonchev–Trinajstić information content (AvgIpc) is 3.10. The summed E-state index contributed by atoms with van der Waals surface area (Å²) in [5.41, 5.74) is 0. The van der Waals surface area contributed by atoms with Crippen LogP contribution in [0.4, 0.5) is 16.8 Å². The minimum atomic E-state index is -2.88. The Kier molecular flexibility index (Phi) is 4.64. The average molecular weight is 364 g/mol. The lowest BCUT2D eigenvalue weighted by Gasteiger charge is -2.12. The first kappa shape index (κ1) is 16.6. The number of rotatable bonds is 5. The molecular formula is C14H16N6O2S2. The normalized spacial score (nSPS) is 18.9. The van der Waals surface area contributed by atoms with Crippen LogP contribution in [-0.2, 0) is 9.84 Å². The van der Waals surface area contributed by atoms with E-state index in [2.05, 4.69) is 25.6 Å². The molecule has 1 unspecified atom stereocenters. The molecule has 10 heteroatoms. The number of sulfone groups is 1. The topological polar surface area (TPSA) is 121 Å². The van der Waals surface area contributed by atoms with Crippen LogP contribution in [0.5, 0.6) is 0 Å². The van der Waals surface area contributed by atoms with Crippen molar-refractivity contribution in [3.8, 4) is 6.07 Å². The summed E-state index contributed by atoms with van der Waals surface area (Å²) in [5, 5.41) is 15.6. The molecule has 0 aliphatic carbocycles. The zero-order chi connectivity index (χ0) is 17.2. The molecule has 3 heterocycles. The summed E-state index contributed by atoms with van der Waals surface area (Å²) in [6, 6.07) is 3.78. The first-order valence-corrected chi connectivity index (χ1v) is 10.0. The van der Waals surface area contributed by atoms with Gasteiger partial charge in [-0.2, -0.15) is 5.26 Å². The van der Waals surface area contributed by atoms with E-state index < -0.39 is 9.84 Å². The summed E-state index contributed by atoms with van der Waals surface area (Å²) in [5.74, 6) is 2.39. The highest BCUT2D eigenvalue weighted by Gasteiger charge is 2.27. The van der Waals surface area contributed by atoms with Crippen LogP contribution in [0.1, 0.15) is 17.1 Å². The van der Waals surface area contributed by atoms with Crippen molar-refractivity contribution >= 4 is 37.9 Å². The number of nitrogens with zero attached hydrogens (tertiary/aromatic N) is 4. The number of anilines is 3. The molecule has 0 saturated carbocycles. The van der Waals surface area contributed by atoms with Crippen LogP contribution in [-0.4, -0.2) is 41.4 Å². The molecule has 2 aromatic rings. The lowest BCUT2D eigenvalue weighted by atomic mass is 10.1. The Morgan fingerprint density at radius 3 is 2.88 bits per heavy atom. The Morgan fingerprint density at radius 2 is 2.21 bits per heavy atom. The molecule has 0 aromatic carbocycles. The third-order valence-corrected chi connectivity index (χ3v) is 6.24. The number of thiazole rings is 1. The molecule has 0 radical (unpaired) electrons. The highest BCUT2D eigenvalue weighted by molar-refractivity contribution is 7.91. The third kappa shape index (κ3) is 4.18. The quantitative estimate of drug-likeness (QED) is 0.822. The summed E-state index contributed by atoms with van der Waals surface area (Å²) < 4.78 is 23.0. The van der Waals surface area contributed by atoms with Gasteiger partial charge in [0.1, 0.15) is 28.4 Å². The first-order valence-electron chi connectivity index (χ1n) is 7.36. The molecule has 0 amide bonds. The van der Waals surface area contributed by atoms with Gasteiger partial charge in [0.15, 0.2) is 15.0 Å². The largest absolute Gasteiger partial charge is 0.370 e. The number of aryl methyl sites for hydroxylation is 1. The van der Waals surface area contributed by atoms with Gasteiger partial charge < -0.3 is 10.6 Å². The van der Waals surface area contributed by atoms with Gasteiger partial charge in [0.2, 0.25) is 0 Å². The number of nitrogens with one attached hydrogen (secondary N) is 2. The second kappa shape index (κ2) is 6.70. The highest BCUT2D eigenvalue weighted by Crippen LogP contribution is 2.23. The fourth-order valence-corrected chi connectivity index (χ4v) is 4.98. The van der Waals surface area contributed by atoms with Crippen molar-refractivity contribution in [2.45, 2.75) is 13.3 Å². The molecule has 1 saturated heterocycles. The molecule has 1 aliphatic heterocycles. The van der Waals surface area contributed by atoms with Crippen molar-refractivity contribution in [2.24, 2.45) is 5.92 Å². The van der Waals surface area contributed by atoms with Crippen molar-refractivity contribution in [3.63, 3.8) is 0 Å². The van der Waals surface area contributed by atoms with Crippen molar-refractivity contribution in [1.82, 2.24) is 15.0 Å². The third-order valence-electron chi connectivity index (χ3n) is 3.59. The van der Waals surface area contributed by atoms with Crippen LogP contribution >= 0.6 is 11.3 Å². The van der Waals surface area contributed by atoms with E-state index in [9.17, 15) is 8.42 Å². The summed E-state index contributed by atoms with van der Waals surface area (Å²) in [6.07, 6.45) is 2.18. The summed E-state index contributed by atoms with van der Waals surface area (Å²) in [6.45, 7) is 2.34. The van der Waals surface area contributed by atoms with E-state index >= 15 is 0 Å². The van der Waals surface area contributed by atoms with Crippen LogP contribution in [0.2, 0.25) is 0 Å². The smallest absolute Gasteiger partial charge is 0.189 e. The molecule has 1 aliphatic rings. The van der Waals surface area contributed by atoms with Crippen LogP contribution in [0, 0.1) is 24.2 Å². The fraction of sp³-hybridized carbons (Fsp3) is 0.429. The predicted octanol–water partition coefficient (Wildman–Crippen LogP) is 1.70. The molecule has 0 spiro atoms. The molecule has 3 rings (SSSR count). The molecular weight excluding hydrogens is 348 g/mol. The Hall–Kier alpha value is -2.25. The molecule has 1 fully saturated rings. The zero-order valence-electron chi connectivity index (χ0n) is 13.0. The maximum absolute atomic E-state index is 11.5. The van der Waals surface area contributed by atoms with Gasteiger partial charge in [-0.15, -0.1) is 0 Å². The summed E-state index contributed by atoms with van der Waals surface area (Å²) in [7, 11) is -2.88. The molecule has 0 bridgehead atoms. The second-order valence-electron chi connectivity index (χ2n) is 5.60. The lowest BCUT2D eigenvalue weighted by Crippen LogP contribution is -2.16. The predicted molar refractivity (Wildman–Crippen MR) is 92.1 cm³/mol. The van der Waals surface area contributed by atoms with Crippen molar-refractivity contribution in [2.75, 3.05) is 28.7 Å². The van der Waals surface area contributed by atoms with Gasteiger partial charge in [-0.1, -0.05) is 11.3 Å². The van der Waals surface area contributed by atoms with E-state index in [0.717, 1.165) is 0 Å². The van der Waals surface area contributed by atoms with Crippen molar-refractivity contribution in [3.05, 3.63) is 23.0 Å². The Morgan fingerprint density at radius 1 is 1.42 bits per heavy atom. The molecule has 8 nitrogen and oxygen atoms in total. The number of hydrogen-bond acceptors (Lipinski definition) is 9. The molecule has 2 N–H and O–H groups in total. The SMILES string of the molecule is Cc1nc(NCC2CCS(=O)(=O)C2)cc(Nc2ncc(C#N)s2)n1. The van der Waals surface area contributed by atoms with Gasteiger partial charge in [0.25, 0.3) is 0 Å². The fourth-order valence-electron chi connectivity index (χ4n) is 2.50. The van der Waals surface area contributed by atoms with Crippen LogP contribution < -0.4 is 10.6 Å². The Bertz CT molecular complexity index is 887. The van der Waals surface area contributed by atoms with Gasteiger partial charge in [-0.3, -0.25) is 0 Å². The van der Waals surface area contributed by atoms with Crippen molar-refractivity contribution in [1.29, 1.82) is 5.26 Å². The standard InChI is InChI=1S/C14H16N6O2S2/c1-9-18-12(16-6-10-2-3-24(21,22)8-10)4-13(19-9)20-14-17-7-11(5-15)23-14/h4,7,10H,2-3,6,8H2,1H3,(H2,16,17,18,19,20). The lowest BCUT2D eigenvalue weighted by molar-refractivity contribution is 0.595. The maximum Gasteiger partial charge on any atom is 0.189 e. The molecule has 1 atom stereocenters. The van der Waals surface area contributed by atoms with Gasteiger partial charge >= 0.3 is 0 Å². The highest BCUT2D eigenvalue weighted by atomic mass is 32.2. The first-order chi connectivity index (χ1) is 11.4. The molecule has 126 valence electrons.